The Morgan fingerprint density at radius 2 is 2.36 bits per heavy atom. The van der Waals surface area contributed by atoms with Gasteiger partial charge in [-0.2, -0.15) is 9.40 Å². The number of hydrogen-bond acceptors (Lipinski definition) is 4. The van der Waals surface area contributed by atoms with Crippen LogP contribution < -0.4 is 5.73 Å². The summed E-state index contributed by atoms with van der Waals surface area (Å²) in [7, 11) is -3.32. The molecule has 7 heteroatoms. The summed E-state index contributed by atoms with van der Waals surface area (Å²) in [6.07, 6.45) is 2.69. The smallest absolute Gasteiger partial charge is 0.246 e. The average Bonchev–Trinajstić information content (AvgIpc) is 2.53. The lowest BCUT2D eigenvalue weighted by molar-refractivity contribution is 0.207. The lowest BCUT2D eigenvalue weighted by Crippen LogP contribution is -2.52. The largest absolute Gasteiger partial charge is 0.330 e. The predicted octanol–water partition coefficient (Wildman–Crippen LogP) is -1.01. The number of nitrogens with one attached hydrogen (secondary N) is 1. The number of sulfonamides is 1. The first-order valence-corrected chi connectivity index (χ1v) is 5.77. The van der Waals surface area contributed by atoms with Crippen molar-refractivity contribution in [2.45, 2.75) is 4.90 Å². The predicted molar refractivity (Wildman–Crippen MR) is 49.9 cm³/mol. The maximum Gasteiger partial charge on any atom is 0.246 e. The van der Waals surface area contributed by atoms with Crippen molar-refractivity contribution in [2.24, 2.45) is 11.7 Å². The highest BCUT2D eigenvalue weighted by Crippen LogP contribution is 2.23. The first-order valence-electron chi connectivity index (χ1n) is 4.33. The van der Waals surface area contributed by atoms with Gasteiger partial charge in [-0.3, -0.25) is 5.10 Å². The fourth-order valence-electron chi connectivity index (χ4n) is 1.40. The normalized spacial score (nSPS) is 19.5. The van der Waals surface area contributed by atoms with Crippen molar-refractivity contribution >= 4 is 10.0 Å². The summed E-state index contributed by atoms with van der Waals surface area (Å²) >= 11 is 0. The fraction of sp³-hybridized carbons (Fsp3) is 0.571. The number of aromatic nitrogens is 2. The van der Waals surface area contributed by atoms with Gasteiger partial charge >= 0.3 is 0 Å². The van der Waals surface area contributed by atoms with Gasteiger partial charge in [-0.05, 0) is 12.5 Å². The van der Waals surface area contributed by atoms with Crippen molar-refractivity contribution in [3.05, 3.63) is 12.4 Å². The lowest BCUT2D eigenvalue weighted by Gasteiger charge is -2.36. The average molecular weight is 216 g/mol. The van der Waals surface area contributed by atoms with Gasteiger partial charge in [0.1, 0.15) is 4.90 Å². The molecule has 1 aromatic heterocycles. The van der Waals surface area contributed by atoms with Crippen LogP contribution in [0.2, 0.25) is 0 Å². The van der Waals surface area contributed by atoms with Crippen LogP contribution in [0, 0.1) is 5.92 Å². The topological polar surface area (TPSA) is 92.1 Å². The van der Waals surface area contributed by atoms with Crippen LogP contribution in [0.15, 0.2) is 17.3 Å². The molecule has 0 aliphatic carbocycles. The van der Waals surface area contributed by atoms with E-state index in [1.54, 1.807) is 0 Å². The van der Waals surface area contributed by atoms with Crippen LogP contribution in [0.25, 0.3) is 0 Å². The van der Waals surface area contributed by atoms with Gasteiger partial charge in [-0.25, -0.2) is 8.42 Å². The summed E-state index contributed by atoms with van der Waals surface area (Å²) in [5, 5.41) is 6.10. The van der Waals surface area contributed by atoms with E-state index in [1.165, 1.54) is 16.7 Å². The molecule has 2 rings (SSSR count). The van der Waals surface area contributed by atoms with Crippen molar-refractivity contribution in [3.63, 3.8) is 0 Å². The van der Waals surface area contributed by atoms with E-state index in [0.29, 0.717) is 25.6 Å². The van der Waals surface area contributed by atoms with Crippen LogP contribution in [0.1, 0.15) is 0 Å². The van der Waals surface area contributed by atoms with Crippen LogP contribution in [0.5, 0.6) is 0 Å². The standard InChI is InChI=1S/C7H12N4O2S/c8-1-6-4-11(5-6)14(12,13)7-2-9-10-3-7/h2-3,6H,1,4-5,8H2,(H,9,10). The highest BCUT2D eigenvalue weighted by atomic mass is 32.2. The SMILES string of the molecule is NCC1CN(S(=O)(=O)c2cn[nH]c2)C1. The van der Waals surface area contributed by atoms with Gasteiger partial charge in [0, 0.05) is 19.3 Å². The van der Waals surface area contributed by atoms with E-state index >= 15 is 0 Å². The highest BCUT2D eigenvalue weighted by molar-refractivity contribution is 7.89. The minimum Gasteiger partial charge on any atom is -0.330 e. The maximum atomic E-state index is 11.8. The second kappa shape index (κ2) is 3.34. The van der Waals surface area contributed by atoms with Crippen molar-refractivity contribution < 1.29 is 8.42 Å². The molecule has 1 aromatic rings. The van der Waals surface area contributed by atoms with Gasteiger partial charge < -0.3 is 5.73 Å². The molecule has 0 amide bonds. The second-order valence-corrected chi connectivity index (χ2v) is 5.30. The van der Waals surface area contributed by atoms with Crippen LogP contribution in [-0.2, 0) is 10.0 Å². The summed E-state index contributed by atoms with van der Waals surface area (Å²) in [5.74, 6) is 0.302. The lowest BCUT2D eigenvalue weighted by atomic mass is 10.0. The van der Waals surface area contributed by atoms with Crippen molar-refractivity contribution in [3.8, 4) is 0 Å². The Kier molecular flexibility index (Phi) is 2.30. The molecular weight excluding hydrogens is 204 g/mol. The summed E-state index contributed by atoms with van der Waals surface area (Å²) in [6, 6.07) is 0. The molecule has 0 bridgehead atoms. The third-order valence-corrected chi connectivity index (χ3v) is 4.16. The molecule has 1 aliphatic heterocycles. The molecule has 0 unspecified atom stereocenters. The fourth-order valence-corrected chi connectivity index (χ4v) is 2.90. The molecule has 2 heterocycles. The quantitative estimate of drug-likeness (QED) is 0.677. The molecule has 0 radical (unpaired) electrons. The number of H-pyrrole nitrogens is 1. The molecule has 3 N–H and O–H groups in total. The van der Waals surface area contributed by atoms with Gasteiger partial charge in [0.05, 0.1) is 6.20 Å². The van der Waals surface area contributed by atoms with E-state index in [0.717, 1.165) is 0 Å². The summed E-state index contributed by atoms with van der Waals surface area (Å²) in [4.78, 5) is 0.216. The molecule has 14 heavy (non-hydrogen) atoms. The van der Waals surface area contributed by atoms with E-state index in [9.17, 15) is 8.42 Å². The number of nitrogens with two attached hydrogens (primary N) is 1. The van der Waals surface area contributed by atoms with Crippen molar-refractivity contribution in [2.75, 3.05) is 19.6 Å². The van der Waals surface area contributed by atoms with Crippen LogP contribution in [-0.4, -0.2) is 42.6 Å². The Hall–Kier alpha value is -0.920. The van der Waals surface area contributed by atoms with Gasteiger partial charge in [-0.15, -0.1) is 0 Å². The van der Waals surface area contributed by atoms with E-state index in [2.05, 4.69) is 10.2 Å². The number of hydrogen-bond donors (Lipinski definition) is 2. The van der Waals surface area contributed by atoms with Crippen LogP contribution in [0.3, 0.4) is 0 Å². The Labute approximate surface area is 82.1 Å². The molecule has 1 saturated heterocycles. The molecule has 1 aliphatic rings. The van der Waals surface area contributed by atoms with Crippen LogP contribution >= 0.6 is 0 Å². The summed E-state index contributed by atoms with van der Waals surface area (Å²) in [5.41, 5.74) is 5.42. The molecule has 0 aromatic carbocycles. The molecule has 78 valence electrons. The Balaban J connectivity index is 2.12. The third-order valence-electron chi connectivity index (χ3n) is 2.37. The Bertz CT molecular complexity index is 393. The van der Waals surface area contributed by atoms with Gasteiger partial charge in [0.25, 0.3) is 0 Å². The van der Waals surface area contributed by atoms with Crippen molar-refractivity contribution in [1.29, 1.82) is 0 Å². The summed E-state index contributed by atoms with van der Waals surface area (Å²) in [6.45, 7) is 1.57. The zero-order valence-corrected chi connectivity index (χ0v) is 8.37. The minimum absolute atomic E-state index is 0.216. The molecule has 0 spiro atoms. The molecule has 6 nitrogen and oxygen atoms in total. The van der Waals surface area contributed by atoms with Gasteiger partial charge in [0.15, 0.2) is 0 Å². The van der Waals surface area contributed by atoms with Crippen molar-refractivity contribution in [1.82, 2.24) is 14.5 Å². The molecule has 0 atom stereocenters. The van der Waals surface area contributed by atoms with E-state index in [1.807, 2.05) is 0 Å². The van der Waals surface area contributed by atoms with Crippen LogP contribution in [0.4, 0.5) is 0 Å². The number of nitrogens with zero attached hydrogens (tertiary/aromatic N) is 2. The molecule has 1 fully saturated rings. The zero-order chi connectivity index (χ0) is 10.2. The van der Waals surface area contributed by atoms with E-state index in [4.69, 9.17) is 5.73 Å². The molecular formula is C7H12N4O2S. The van der Waals surface area contributed by atoms with E-state index in [-0.39, 0.29) is 4.90 Å². The number of aromatic amines is 1. The minimum atomic E-state index is -3.32. The second-order valence-electron chi connectivity index (χ2n) is 3.36. The highest BCUT2D eigenvalue weighted by Gasteiger charge is 2.36. The Morgan fingerprint density at radius 3 is 2.86 bits per heavy atom. The van der Waals surface area contributed by atoms with Gasteiger partial charge in [0.2, 0.25) is 10.0 Å². The zero-order valence-electron chi connectivity index (χ0n) is 7.55. The monoisotopic (exact) mass is 216 g/mol. The summed E-state index contributed by atoms with van der Waals surface area (Å²) < 4.78 is 24.9. The van der Waals surface area contributed by atoms with Gasteiger partial charge in [-0.1, -0.05) is 0 Å². The first-order chi connectivity index (χ1) is 6.64. The first kappa shape index (κ1) is 9.63. The third kappa shape index (κ3) is 1.43. The Morgan fingerprint density at radius 1 is 1.64 bits per heavy atom. The maximum absolute atomic E-state index is 11.8. The molecule has 0 saturated carbocycles. The number of rotatable bonds is 3. The van der Waals surface area contributed by atoms with E-state index < -0.39 is 10.0 Å².